The molecule has 0 saturated carbocycles. The number of benzene rings is 2. The first-order chi connectivity index (χ1) is 11.8. The molecule has 24 heavy (non-hydrogen) atoms. The Morgan fingerprint density at radius 3 is 2.88 bits per heavy atom. The van der Waals surface area contributed by atoms with Crippen LogP contribution in [0.1, 0.15) is 11.1 Å². The first-order valence-electron chi connectivity index (χ1n) is 8.16. The number of fused-ring (bicyclic) bond motifs is 2. The average Bonchev–Trinajstić information content (AvgIpc) is 3.09. The van der Waals surface area contributed by atoms with Crippen LogP contribution in [0, 0.1) is 5.92 Å². The van der Waals surface area contributed by atoms with E-state index < -0.39 is 0 Å². The Morgan fingerprint density at radius 2 is 1.92 bits per heavy atom. The van der Waals surface area contributed by atoms with Crippen LogP contribution in [0.5, 0.6) is 17.2 Å². The van der Waals surface area contributed by atoms with Crippen LogP contribution in [0.4, 0.5) is 0 Å². The molecule has 0 saturated heterocycles. The van der Waals surface area contributed by atoms with Gasteiger partial charge in [0.15, 0.2) is 11.5 Å². The molecule has 0 fully saturated rings. The van der Waals surface area contributed by atoms with Gasteiger partial charge in [0.1, 0.15) is 12.4 Å². The summed E-state index contributed by atoms with van der Waals surface area (Å²) >= 11 is 0. The Balaban J connectivity index is 1.30. The van der Waals surface area contributed by atoms with E-state index in [1.54, 1.807) is 0 Å². The van der Waals surface area contributed by atoms with Crippen molar-refractivity contribution in [3.8, 4) is 17.2 Å². The van der Waals surface area contributed by atoms with E-state index in [1.165, 1.54) is 0 Å². The van der Waals surface area contributed by atoms with Gasteiger partial charge in [-0.2, -0.15) is 0 Å². The number of carbonyl (C=O) groups excluding carboxylic acids is 1. The van der Waals surface area contributed by atoms with E-state index in [2.05, 4.69) is 5.32 Å². The molecule has 0 aliphatic carbocycles. The quantitative estimate of drug-likeness (QED) is 0.937. The lowest BCUT2D eigenvalue weighted by Crippen LogP contribution is -2.38. The van der Waals surface area contributed by atoms with Crippen LogP contribution in [0.15, 0.2) is 42.5 Å². The van der Waals surface area contributed by atoms with Crippen molar-refractivity contribution in [1.82, 2.24) is 5.32 Å². The molecule has 1 N–H and O–H groups in total. The number of para-hydroxylation sites is 1. The van der Waals surface area contributed by atoms with Crippen LogP contribution < -0.4 is 19.5 Å². The Morgan fingerprint density at radius 1 is 1.04 bits per heavy atom. The molecular formula is C19H19NO4. The summed E-state index contributed by atoms with van der Waals surface area (Å²) in [4.78, 5) is 12.3. The highest BCUT2D eigenvalue weighted by Gasteiger charge is 2.25. The first-order valence-corrected chi connectivity index (χ1v) is 8.16. The van der Waals surface area contributed by atoms with Crippen molar-refractivity contribution in [3.63, 3.8) is 0 Å². The van der Waals surface area contributed by atoms with Gasteiger partial charge < -0.3 is 19.5 Å². The summed E-state index contributed by atoms with van der Waals surface area (Å²) in [7, 11) is 0. The van der Waals surface area contributed by atoms with E-state index >= 15 is 0 Å². The van der Waals surface area contributed by atoms with Crippen molar-refractivity contribution in [2.24, 2.45) is 5.92 Å². The standard InChI is InChI=1S/C19H19NO4/c21-19(15-10-14-3-1-2-4-16(14)22-11-15)20-8-7-13-5-6-17-18(9-13)24-12-23-17/h1-6,9,15H,7-8,10-12H2,(H,20,21). The summed E-state index contributed by atoms with van der Waals surface area (Å²) < 4.78 is 16.3. The summed E-state index contributed by atoms with van der Waals surface area (Å²) in [6.07, 6.45) is 1.48. The molecule has 1 amide bonds. The van der Waals surface area contributed by atoms with Crippen molar-refractivity contribution in [3.05, 3.63) is 53.6 Å². The van der Waals surface area contributed by atoms with Gasteiger partial charge in [-0.3, -0.25) is 4.79 Å². The molecule has 2 aliphatic rings. The highest BCUT2D eigenvalue weighted by Crippen LogP contribution is 2.32. The molecule has 0 spiro atoms. The fourth-order valence-corrected chi connectivity index (χ4v) is 3.07. The molecule has 4 rings (SSSR count). The molecule has 2 aliphatic heterocycles. The monoisotopic (exact) mass is 325 g/mol. The highest BCUT2D eigenvalue weighted by atomic mass is 16.7. The third-order valence-electron chi connectivity index (χ3n) is 4.40. The van der Waals surface area contributed by atoms with Crippen LogP contribution >= 0.6 is 0 Å². The summed E-state index contributed by atoms with van der Waals surface area (Å²) in [6.45, 7) is 1.31. The number of nitrogens with one attached hydrogen (secondary N) is 1. The number of hydrogen-bond donors (Lipinski definition) is 1. The molecular weight excluding hydrogens is 306 g/mol. The number of rotatable bonds is 4. The van der Waals surface area contributed by atoms with E-state index in [0.29, 0.717) is 13.2 Å². The normalized spacial score (nSPS) is 17.8. The molecule has 1 atom stereocenters. The molecule has 1 unspecified atom stereocenters. The van der Waals surface area contributed by atoms with E-state index in [1.807, 2.05) is 42.5 Å². The predicted molar refractivity (Wildman–Crippen MR) is 88.4 cm³/mol. The zero-order valence-corrected chi connectivity index (χ0v) is 13.3. The van der Waals surface area contributed by atoms with Crippen LogP contribution in [0.2, 0.25) is 0 Å². The Kier molecular flexibility index (Phi) is 3.99. The van der Waals surface area contributed by atoms with Gasteiger partial charge in [-0.25, -0.2) is 0 Å². The lowest BCUT2D eigenvalue weighted by atomic mass is 9.96. The Labute approximate surface area is 140 Å². The predicted octanol–water partition coefficient (Wildman–Crippen LogP) is 2.33. The van der Waals surface area contributed by atoms with E-state index in [9.17, 15) is 4.79 Å². The van der Waals surface area contributed by atoms with E-state index in [4.69, 9.17) is 14.2 Å². The molecule has 0 bridgehead atoms. The van der Waals surface area contributed by atoms with Crippen molar-refractivity contribution in [2.45, 2.75) is 12.8 Å². The van der Waals surface area contributed by atoms with Gasteiger partial charge in [-0.15, -0.1) is 0 Å². The highest BCUT2D eigenvalue weighted by molar-refractivity contribution is 5.79. The summed E-state index contributed by atoms with van der Waals surface area (Å²) in [5, 5.41) is 3.01. The first kappa shape index (κ1) is 14.9. The van der Waals surface area contributed by atoms with Crippen molar-refractivity contribution < 1.29 is 19.0 Å². The number of hydrogen-bond acceptors (Lipinski definition) is 4. The second kappa shape index (κ2) is 6.43. The summed E-state index contributed by atoms with van der Waals surface area (Å²) in [5.41, 5.74) is 2.21. The minimum absolute atomic E-state index is 0.0465. The molecule has 0 radical (unpaired) electrons. The topological polar surface area (TPSA) is 56.8 Å². The maximum absolute atomic E-state index is 12.3. The van der Waals surface area contributed by atoms with Crippen LogP contribution in [0.25, 0.3) is 0 Å². The lowest BCUT2D eigenvalue weighted by molar-refractivity contribution is -0.126. The minimum atomic E-state index is -0.128. The van der Waals surface area contributed by atoms with Gasteiger partial charge in [-0.05, 0) is 42.2 Å². The van der Waals surface area contributed by atoms with Gasteiger partial charge in [0, 0.05) is 6.54 Å². The molecule has 2 aromatic rings. The molecule has 5 nitrogen and oxygen atoms in total. The third-order valence-corrected chi connectivity index (χ3v) is 4.40. The summed E-state index contributed by atoms with van der Waals surface area (Å²) in [5.74, 6) is 2.36. The van der Waals surface area contributed by atoms with Crippen LogP contribution in [-0.4, -0.2) is 25.9 Å². The molecule has 5 heteroatoms. The zero-order chi connectivity index (χ0) is 16.4. The maximum atomic E-state index is 12.3. The number of ether oxygens (including phenoxy) is 3. The minimum Gasteiger partial charge on any atom is -0.492 e. The fraction of sp³-hybridized carbons (Fsp3) is 0.316. The van der Waals surface area contributed by atoms with Crippen LogP contribution in [0.3, 0.4) is 0 Å². The fourth-order valence-electron chi connectivity index (χ4n) is 3.07. The lowest BCUT2D eigenvalue weighted by Gasteiger charge is -2.24. The van der Waals surface area contributed by atoms with Gasteiger partial charge in [0.2, 0.25) is 12.7 Å². The number of carbonyl (C=O) groups is 1. The van der Waals surface area contributed by atoms with E-state index in [-0.39, 0.29) is 18.6 Å². The zero-order valence-electron chi connectivity index (χ0n) is 13.3. The van der Waals surface area contributed by atoms with Gasteiger partial charge >= 0.3 is 0 Å². The number of amides is 1. The maximum Gasteiger partial charge on any atom is 0.231 e. The largest absolute Gasteiger partial charge is 0.492 e. The average molecular weight is 325 g/mol. The van der Waals surface area contributed by atoms with E-state index in [0.717, 1.165) is 41.2 Å². The SMILES string of the molecule is O=C(NCCc1ccc2c(c1)OCO2)C1COc2ccccc2C1. The van der Waals surface area contributed by atoms with Gasteiger partial charge in [0.25, 0.3) is 0 Å². The van der Waals surface area contributed by atoms with Crippen molar-refractivity contribution in [2.75, 3.05) is 19.9 Å². The van der Waals surface area contributed by atoms with Gasteiger partial charge in [-0.1, -0.05) is 24.3 Å². The molecule has 124 valence electrons. The smallest absolute Gasteiger partial charge is 0.231 e. The second-order valence-corrected chi connectivity index (χ2v) is 6.05. The van der Waals surface area contributed by atoms with Crippen LogP contribution in [-0.2, 0) is 17.6 Å². The third kappa shape index (κ3) is 3.02. The Bertz CT molecular complexity index is 759. The van der Waals surface area contributed by atoms with Gasteiger partial charge in [0.05, 0.1) is 5.92 Å². The molecule has 2 heterocycles. The Hall–Kier alpha value is -2.69. The van der Waals surface area contributed by atoms with Crippen molar-refractivity contribution in [1.29, 1.82) is 0 Å². The molecule has 0 aromatic heterocycles. The second-order valence-electron chi connectivity index (χ2n) is 6.05. The summed E-state index contributed by atoms with van der Waals surface area (Å²) in [6, 6.07) is 13.8. The van der Waals surface area contributed by atoms with Crippen molar-refractivity contribution >= 4 is 5.91 Å². The molecule has 2 aromatic carbocycles.